The van der Waals surface area contributed by atoms with Gasteiger partial charge in [0.05, 0.1) is 11.5 Å². The van der Waals surface area contributed by atoms with Gasteiger partial charge in [0.25, 0.3) is 0 Å². The van der Waals surface area contributed by atoms with E-state index < -0.39 is 11.7 Å². The Morgan fingerprint density at radius 3 is 2.21 bits per heavy atom. The molecule has 2 aromatic rings. The average molecular weight is 335 g/mol. The number of rotatable bonds is 6. The first-order valence-electron chi connectivity index (χ1n) is 7.90. The lowest BCUT2D eigenvalue weighted by molar-refractivity contribution is -0.137. The molecule has 2 rings (SSSR count). The first-order valence-corrected chi connectivity index (χ1v) is 7.90. The lowest BCUT2D eigenvalue weighted by Gasteiger charge is -2.15. The fourth-order valence-corrected chi connectivity index (χ4v) is 2.57. The van der Waals surface area contributed by atoms with Crippen molar-refractivity contribution in [2.45, 2.75) is 31.9 Å². The number of nitrogens with one attached hydrogen (secondary N) is 1. The normalized spacial score (nSPS) is 12.7. The van der Waals surface area contributed by atoms with Crippen LogP contribution in [0.1, 0.15) is 36.0 Å². The molecule has 0 aliphatic carbocycles. The van der Waals surface area contributed by atoms with E-state index in [-0.39, 0.29) is 11.8 Å². The quantitative estimate of drug-likeness (QED) is 0.824. The van der Waals surface area contributed by atoms with Crippen LogP contribution in [0.4, 0.5) is 13.2 Å². The van der Waals surface area contributed by atoms with Crippen molar-refractivity contribution in [2.75, 3.05) is 6.54 Å². The Bertz CT molecular complexity index is 651. The standard InChI is InChI=1S/C19H20F3NO/c1-2-17(15-6-4-3-5-7-15)18(24)23-13-12-14-8-10-16(11-9-14)19(20,21)22/h3-11,17H,2,12-13H2,1H3,(H,23,24). The number of hydrogen-bond donors (Lipinski definition) is 1. The molecule has 1 atom stereocenters. The minimum atomic E-state index is -4.32. The van der Waals surface area contributed by atoms with E-state index in [2.05, 4.69) is 5.32 Å². The molecule has 24 heavy (non-hydrogen) atoms. The van der Waals surface area contributed by atoms with E-state index in [1.807, 2.05) is 37.3 Å². The summed E-state index contributed by atoms with van der Waals surface area (Å²) in [5, 5.41) is 2.86. The first kappa shape index (κ1) is 18.0. The highest BCUT2D eigenvalue weighted by molar-refractivity contribution is 5.83. The van der Waals surface area contributed by atoms with Crippen LogP contribution in [0.15, 0.2) is 54.6 Å². The second-order valence-corrected chi connectivity index (χ2v) is 5.61. The fourth-order valence-electron chi connectivity index (χ4n) is 2.57. The van der Waals surface area contributed by atoms with E-state index in [0.29, 0.717) is 19.4 Å². The van der Waals surface area contributed by atoms with Crippen LogP contribution in [0, 0.1) is 0 Å². The Morgan fingerprint density at radius 2 is 1.67 bits per heavy atom. The summed E-state index contributed by atoms with van der Waals surface area (Å²) in [6.45, 7) is 2.35. The topological polar surface area (TPSA) is 29.1 Å². The fraction of sp³-hybridized carbons (Fsp3) is 0.316. The van der Waals surface area contributed by atoms with Gasteiger partial charge in [0, 0.05) is 6.54 Å². The zero-order chi connectivity index (χ0) is 17.6. The Hall–Kier alpha value is -2.30. The second kappa shape index (κ2) is 7.99. The number of halogens is 3. The van der Waals surface area contributed by atoms with Gasteiger partial charge >= 0.3 is 6.18 Å². The van der Waals surface area contributed by atoms with Crippen LogP contribution >= 0.6 is 0 Å². The molecule has 2 aromatic carbocycles. The zero-order valence-electron chi connectivity index (χ0n) is 13.4. The van der Waals surface area contributed by atoms with E-state index in [9.17, 15) is 18.0 Å². The van der Waals surface area contributed by atoms with Gasteiger partial charge in [0.1, 0.15) is 0 Å². The summed E-state index contributed by atoms with van der Waals surface area (Å²) in [4.78, 5) is 12.3. The summed E-state index contributed by atoms with van der Waals surface area (Å²) < 4.78 is 37.5. The molecule has 128 valence electrons. The molecule has 5 heteroatoms. The van der Waals surface area contributed by atoms with Crippen LogP contribution < -0.4 is 5.32 Å². The summed E-state index contributed by atoms with van der Waals surface area (Å²) in [5.74, 6) is -0.269. The molecule has 0 aliphatic heterocycles. The van der Waals surface area contributed by atoms with Gasteiger partial charge in [-0.05, 0) is 36.1 Å². The minimum absolute atomic E-state index is 0.0596. The molecule has 1 amide bonds. The molecule has 0 radical (unpaired) electrons. The molecule has 0 saturated heterocycles. The Kier molecular flexibility index (Phi) is 6.01. The molecular weight excluding hydrogens is 315 g/mol. The van der Waals surface area contributed by atoms with Crippen LogP contribution in [-0.4, -0.2) is 12.5 Å². The Morgan fingerprint density at radius 1 is 1.04 bits per heavy atom. The minimum Gasteiger partial charge on any atom is -0.355 e. The molecule has 0 fully saturated rings. The van der Waals surface area contributed by atoms with Gasteiger partial charge in [0.2, 0.25) is 5.91 Å². The van der Waals surface area contributed by atoms with Crippen LogP contribution in [0.25, 0.3) is 0 Å². The number of alkyl halides is 3. The Balaban J connectivity index is 1.88. The molecule has 0 bridgehead atoms. The molecular formula is C19H20F3NO. The molecule has 1 unspecified atom stereocenters. The van der Waals surface area contributed by atoms with Crippen LogP contribution in [0.3, 0.4) is 0 Å². The number of hydrogen-bond acceptors (Lipinski definition) is 1. The van der Waals surface area contributed by atoms with E-state index in [4.69, 9.17) is 0 Å². The van der Waals surface area contributed by atoms with Crippen molar-refractivity contribution in [3.63, 3.8) is 0 Å². The number of carbonyl (C=O) groups is 1. The highest BCUT2D eigenvalue weighted by Gasteiger charge is 2.29. The molecule has 0 aromatic heterocycles. The molecule has 0 saturated carbocycles. The number of benzene rings is 2. The molecule has 0 aliphatic rings. The van der Waals surface area contributed by atoms with Crippen molar-refractivity contribution in [1.29, 1.82) is 0 Å². The number of amides is 1. The summed E-state index contributed by atoms with van der Waals surface area (Å²) in [6, 6.07) is 14.6. The van der Waals surface area contributed by atoms with Gasteiger partial charge in [-0.15, -0.1) is 0 Å². The summed E-state index contributed by atoms with van der Waals surface area (Å²) in [5.41, 5.74) is 1.06. The predicted molar refractivity (Wildman–Crippen MR) is 87.6 cm³/mol. The van der Waals surface area contributed by atoms with Gasteiger partial charge < -0.3 is 5.32 Å². The molecule has 0 heterocycles. The van der Waals surface area contributed by atoms with Crippen LogP contribution in [-0.2, 0) is 17.4 Å². The molecule has 2 nitrogen and oxygen atoms in total. The maximum Gasteiger partial charge on any atom is 0.416 e. The second-order valence-electron chi connectivity index (χ2n) is 5.61. The SMILES string of the molecule is CCC(C(=O)NCCc1ccc(C(F)(F)F)cc1)c1ccccc1. The lowest BCUT2D eigenvalue weighted by atomic mass is 9.95. The van der Waals surface area contributed by atoms with E-state index in [1.165, 1.54) is 12.1 Å². The highest BCUT2D eigenvalue weighted by Crippen LogP contribution is 2.29. The van der Waals surface area contributed by atoms with Crippen molar-refractivity contribution in [2.24, 2.45) is 0 Å². The van der Waals surface area contributed by atoms with Crippen molar-refractivity contribution in [3.8, 4) is 0 Å². The lowest BCUT2D eigenvalue weighted by Crippen LogP contribution is -2.30. The van der Waals surface area contributed by atoms with Crippen LogP contribution in [0.2, 0.25) is 0 Å². The molecule has 1 N–H and O–H groups in total. The van der Waals surface area contributed by atoms with Crippen molar-refractivity contribution < 1.29 is 18.0 Å². The summed E-state index contributed by atoms with van der Waals surface area (Å²) in [7, 11) is 0. The molecule has 0 spiro atoms. The van der Waals surface area contributed by atoms with Crippen molar-refractivity contribution in [1.82, 2.24) is 5.32 Å². The first-order chi connectivity index (χ1) is 11.4. The predicted octanol–water partition coefficient (Wildman–Crippen LogP) is 4.56. The third kappa shape index (κ3) is 4.85. The van der Waals surface area contributed by atoms with Crippen molar-refractivity contribution in [3.05, 3.63) is 71.3 Å². The smallest absolute Gasteiger partial charge is 0.355 e. The van der Waals surface area contributed by atoms with Crippen molar-refractivity contribution >= 4 is 5.91 Å². The van der Waals surface area contributed by atoms with Gasteiger partial charge in [-0.25, -0.2) is 0 Å². The summed E-state index contributed by atoms with van der Waals surface area (Å²) in [6.07, 6.45) is -3.14. The van der Waals surface area contributed by atoms with Gasteiger partial charge in [0.15, 0.2) is 0 Å². The number of carbonyl (C=O) groups excluding carboxylic acids is 1. The maximum atomic E-state index is 12.5. The largest absolute Gasteiger partial charge is 0.416 e. The van der Waals surface area contributed by atoms with Gasteiger partial charge in [-0.3, -0.25) is 4.79 Å². The third-order valence-corrected chi connectivity index (χ3v) is 3.92. The Labute approximate surface area is 139 Å². The maximum absolute atomic E-state index is 12.5. The van der Waals surface area contributed by atoms with E-state index in [0.717, 1.165) is 23.3 Å². The zero-order valence-corrected chi connectivity index (χ0v) is 13.4. The van der Waals surface area contributed by atoms with Gasteiger partial charge in [-0.2, -0.15) is 13.2 Å². The van der Waals surface area contributed by atoms with E-state index in [1.54, 1.807) is 0 Å². The van der Waals surface area contributed by atoms with E-state index >= 15 is 0 Å². The highest BCUT2D eigenvalue weighted by atomic mass is 19.4. The monoisotopic (exact) mass is 335 g/mol. The van der Waals surface area contributed by atoms with Crippen LogP contribution in [0.5, 0.6) is 0 Å². The summed E-state index contributed by atoms with van der Waals surface area (Å²) >= 11 is 0. The average Bonchev–Trinajstić information content (AvgIpc) is 2.56. The van der Waals surface area contributed by atoms with Gasteiger partial charge in [-0.1, -0.05) is 49.4 Å². The third-order valence-electron chi connectivity index (χ3n) is 3.92.